The van der Waals surface area contributed by atoms with Gasteiger partial charge in [0, 0.05) is 11.0 Å². The monoisotopic (exact) mass is 364 g/mol. The lowest BCUT2D eigenvalue weighted by molar-refractivity contribution is 0.0570. The van der Waals surface area contributed by atoms with Gasteiger partial charge < -0.3 is 10.5 Å². The van der Waals surface area contributed by atoms with Crippen molar-refractivity contribution in [2.45, 2.75) is 37.8 Å². The van der Waals surface area contributed by atoms with Crippen LogP contribution in [0.25, 0.3) is 0 Å². The third-order valence-corrected chi connectivity index (χ3v) is 4.25. The first kappa shape index (κ1) is 16.9. The van der Waals surface area contributed by atoms with E-state index in [0.29, 0.717) is 10.0 Å². The molecule has 1 amide bonds. The molecule has 0 saturated heterocycles. The van der Waals surface area contributed by atoms with E-state index in [1.54, 1.807) is 26.8 Å². The van der Waals surface area contributed by atoms with Crippen molar-refractivity contribution in [1.82, 2.24) is 4.72 Å². The summed E-state index contributed by atoms with van der Waals surface area (Å²) in [5, 5.41) is 0. The lowest BCUT2D eigenvalue weighted by Gasteiger charge is -2.19. The molecule has 0 bridgehead atoms. The molecule has 0 fully saturated rings. The first-order valence-corrected chi connectivity index (χ1v) is 8.07. The van der Waals surface area contributed by atoms with Gasteiger partial charge in [-0.3, -0.25) is 0 Å². The average Bonchev–Trinajstić information content (AvgIpc) is 2.25. The van der Waals surface area contributed by atoms with Crippen LogP contribution in [0.15, 0.2) is 27.6 Å². The zero-order valence-electron chi connectivity index (χ0n) is 11.4. The molecule has 0 unspecified atom stereocenters. The molecular weight excluding hydrogens is 348 g/mol. The summed E-state index contributed by atoms with van der Waals surface area (Å²) >= 11 is 3.26. The molecule has 0 aliphatic carbocycles. The van der Waals surface area contributed by atoms with Gasteiger partial charge in [0.15, 0.2) is 0 Å². The number of rotatable bonds is 3. The number of nitrogens with one attached hydrogen (secondary N) is 1. The number of nitrogens with two attached hydrogens (primary N) is 1. The summed E-state index contributed by atoms with van der Waals surface area (Å²) in [7, 11) is -3.98. The van der Waals surface area contributed by atoms with Gasteiger partial charge in [-0.15, -0.1) is 0 Å². The molecule has 0 radical (unpaired) electrons. The Bertz CT molecular complexity index is 608. The molecule has 3 N–H and O–H groups in total. The van der Waals surface area contributed by atoms with Crippen molar-refractivity contribution in [2.75, 3.05) is 0 Å². The first-order valence-electron chi connectivity index (χ1n) is 5.79. The summed E-state index contributed by atoms with van der Waals surface area (Å²) < 4.78 is 31.6. The van der Waals surface area contributed by atoms with Crippen LogP contribution in [-0.2, 0) is 21.3 Å². The Kier molecular flexibility index (Phi) is 5.17. The van der Waals surface area contributed by atoms with Gasteiger partial charge in [-0.2, -0.15) is 0 Å². The summed E-state index contributed by atoms with van der Waals surface area (Å²) in [6, 6.07) is 4.33. The number of hydrogen-bond acceptors (Lipinski definition) is 5. The van der Waals surface area contributed by atoms with Gasteiger partial charge in [-0.1, -0.05) is 15.9 Å². The zero-order valence-corrected chi connectivity index (χ0v) is 13.8. The second kappa shape index (κ2) is 6.11. The number of benzene rings is 1. The summed E-state index contributed by atoms with van der Waals surface area (Å²) in [6.45, 7) is 5.11. The fourth-order valence-electron chi connectivity index (χ4n) is 1.34. The van der Waals surface area contributed by atoms with Crippen molar-refractivity contribution < 1.29 is 17.9 Å². The van der Waals surface area contributed by atoms with Crippen LogP contribution in [0.4, 0.5) is 4.79 Å². The molecule has 1 aromatic rings. The largest absolute Gasteiger partial charge is 0.443 e. The maximum Gasteiger partial charge on any atom is 0.421 e. The number of amides is 1. The average molecular weight is 365 g/mol. The van der Waals surface area contributed by atoms with Crippen molar-refractivity contribution in [3.05, 3.63) is 28.2 Å². The van der Waals surface area contributed by atoms with E-state index in [2.05, 4.69) is 15.9 Å². The third kappa shape index (κ3) is 4.77. The number of sulfonamides is 1. The Hall–Kier alpha value is -1.12. The molecule has 112 valence electrons. The molecule has 1 rings (SSSR count). The number of carbonyl (C=O) groups is 1. The topological polar surface area (TPSA) is 98.5 Å². The van der Waals surface area contributed by atoms with Crippen LogP contribution >= 0.6 is 15.9 Å². The molecule has 0 saturated carbocycles. The minimum Gasteiger partial charge on any atom is -0.443 e. The van der Waals surface area contributed by atoms with Crippen LogP contribution in [0.2, 0.25) is 0 Å². The van der Waals surface area contributed by atoms with E-state index in [4.69, 9.17) is 10.5 Å². The molecule has 0 atom stereocenters. The smallest absolute Gasteiger partial charge is 0.421 e. The van der Waals surface area contributed by atoms with Crippen molar-refractivity contribution >= 4 is 32.0 Å². The lowest BCUT2D eigenvalue weighted by atomic mass is 10.2. The van der Waals surface area contributed by atoms with Crippen molar-refractivity contribution in [2.24, 2.45) is 5.73 Å². The molecule has 0 aliphatic heterocycles. The SMILES string of the molecule is CC(C)(C)OC(=O)NS(=O)(=O)c1ccc(Br)c(CN)c1. The molecule has 20 heavy (non-hydrogen) atoms. The summed E-state index contributed by atoms with van der Waals surface area (Å²) in [5.41, 5.74) is 5.36. The van der Waals surface area contributed by atoms with Gasteiger partial charge in [-0.05, 0) is 44.5 Å². The highest BCUT2D eigenvalue weighted by Gasteiger charge is 2.23. The fourth-order valence-corrected chi connectivity index (χ4v) is 2.67. The van der Waals surface area contributed by atoms with Crippen LogP contribution in [-0.4, -0.2) is 20.1 Å². The summed E-state index contributed by atoms with van der Waals surface area (Å²) in [5.74, 6) is 0. The molecule has 6 nitrogen and oxygen atoms in total. The highest BCUT2D eigenvalue weighted by molar-refractivity contribution is 9.10. The Labute approximate surface area is 126 Å². The predicted octanol–water partition coefficient (Wildman–Crippen LogP) is 2.12. The Balaban J connectivity index is 2.97. The van der Waals surface area contributed by atoms with Gasteiger partial charge in [0.2, 0.25) is 0 Å². The van der Waals surface area contributed by atoms with Gasteiger partial charge in [0.25, 0.3) is 10.0 Å². The van der Waals surface area contributed by atoms with E-state index in [1.807, 2.05) is 4.72 Å². The highest BCUT2D eigenvalue weighted by Crippen LogP contribution is 2.20. The predicted molar refractivity (Wildman–Crippen MR) is 78.6 cm³/mol. The van der Waals surface area contributed by atoms with E-state index in [1.165, 1.54) is 12.1 Å². The second-order valence-electron chi connectivity index (χ2n) is 5.06. The maximum atomic E-state index is 12.0. The molecule has 1 aromatic carbocycles. The molecular formula is C12H17BrN2O4S. The maximum absolute atomic E-state index is 12.0. The van der Waals surface area contributed by atoms with Crippen LogP contribution in [0.5, 0.6) is 0 Å². The number of halogens is 1. The summed E-state index contributed by atoms with van der Waals surface area (Å²) in [6.07, 6.45) is -1.02. The minimum absolute atomic E-state index is 0.0491. The van der Waals surface area contributed by atoms with E-state index < -0.39 is 21.7 Å². The van der Waals surface area contributed by atoms with Gasteiger partial charge in [0.05, 0.1) is 4.90 Å². The van der Waals surface area contributed by atoms with Gasteiger partial charge in [0.1, 0.15) is 5.60 Å². The fraction of sp³-hybridized carbons (Fsp3) is 0.417. The number of ether oxygens (including phenoxy) is 1. The van der Waals surface area contributed by atoms with Crippen LogP contribution in [0.3, 0.4) is 0 Å². The van der Waals surface area contributed by atoms with Crippen molar-refractivity contribution in [1.29, 1.82) is 0 Å². The van der Waals surface area contributed by atoms with E-state index in [0.717, 1.165) is 0 Å². The quantitative estimate of drug-likeness (QED) is 0.855. The minimum atomic E-state index is -3.98. The third-order valence-electron chi connectivity index (χ3n) is 2.16. The normalized spacial score (nSPS) is 12.1. The highest BCUT2D eigenvalue weighted by atomic mass is 79.9. The Morgan fingerprint density at radius 1 is 1.40 bits per heavy atom. The summed E-state index contributed by atoms with van der Waals surface area (Å²) in [4.78, 5) is 11.5. The zero-order chi connectivity index (χ0) is 15.6. The molecule has 0 heterocycles. The first-order chi connectivity index (χ1) is 9.05. The van der Waals surface area contributed by atoms with Crippen LogP contribution < -0.4 is 10.5 Å². The standard InChI is InChI=1S/C12H17BrN2O4S/c1-12(2,3)19-11(16)15-20(17,18)9-4-5-10(13)8(6-9)7-14/h4-6H,7,14H2,1-3H3,(H,15,16). The van der Waals surface area contributed by atoms with Crippen molar-refractivity contribution in [3.63, 3.8) is 0 Å². The lowest BCUT2D eigenvalue weighted by Crippen LogP contribution is -2.36. The molecule has 8 heteroatoms. The molecule has 0 aliphatic rings. The van der Waals surface area contributed by atoms with E-state index in [9.17, 15) is 13.2 Å². The van der Waals surface area contributed by atoms with Crippen LogP contribution in [0, 0.1) is 0 Å². The number of hydrogen-bond donors (Lipinski definition) is 2. The number of carbonyl (C=O) groups excluding carboxylic acids is 1. The van der Waals surface area contributed by atoms with Crippen molar-refractivity contribution in [3.8, 4) is 0 Å². The Morgan fingerprint density at radius 3 is 2.50 bits per heavy atom. The van der Waals surface area contributed by atoms with E-state index >= 15 is 0 Å². The second-order valence-corrected chi connectivity index (χ2v) is 7.60. The van der Waals surface area contributed by atoms with E-state index in [-0.39, 0.29) is 11.4 Å². The van der Waals surface area contributed by atoms with Crippen LogP contribution in [0.1, 0.15) is 26.3 Å². The molecule has 0 aromatic heterocycles. The Morgan fingerprint density at radius 2 is 2.00 bits per heavy atom. The van der Waals surface area contributed by atoms with Gasteiger partial charge >= 0.3 is 6.09 Å². The van der Waals surface area contributed by atoms with Gasteiger partial charge in [-0.25, -0.2) is 17.9 Å². The molecule has 0 spiro atoms.